The molecule has 0 amide bonds. The van der Waals surface area contributed by atoms with E-state index in [1.54, 1.807) is 18.3 Å². The summed E-state index contributed by atoms with van der Waals surface area (Å²) < 4.78 is 5.71. The molecule has 0 saturated heterocycles. The first kappa shape index (κ1) is 14.1. The average Bonchev–Trinajstić information content (AvgIpc) is 2.47. The van der Waals surface area contributed by atoms with E-state index in [1.165, 1.54) is 5.56 Å². The third-order valence-electron chi connectivity index (χ3n) is 3.34. The first-order valence-electron chi connectivity index (χ1n) is 6.69. The molecule has 0 aliphatic heterocycles. The lowest BCUT2D eigenvalue weighted by Gasteiger charge is -2.11. The highest BCUT2D eigenvalue weighted by atomic mass is 16.5. The van der Waals surface area contributed by atoms with Gasteiger partial charge in [0.2, 0.25) is 5.88 Å². The molecule has 0 aliphatic rings. The normalized spacial score (nSPS) is 11.9. The van der Waals surface area contributed by atoms with Crippen LogP contribution in [0.4, 0.5) is 0 Å². The second-order valence-corrected chi connectivity index (χ2v) is 4.75. The second-order valence-electron chi connectivity index (χ2n) is 4.75. The predicted molar refractivity (Wildman–Crippen MR) is 80.5 cm³/mol. The number of benzene rings is 1. The number of amidine groups is 1. The summed E-state index contributed by atoms with van der Waals surface area (Å²) in [7, 11) is 0. The minimum atomic E-state index is -0.0516. The molecule has 2 aromatic rings. The van der Waals surface area contributed by atoms with Crippen molar-refractivity contribution in [3.8, 4) is 11.6 Å². The summed E-state index contributed by atoms with van der Waals surface area (Å²) in [6.07, 6.45) is 2.73. The molecular weight excluding hydrogens is 250 g/mol. The van der Waals surface area contributed by atoms with E-state index in [-0.39, 0.29) is 5.84 Å². The molecule has 0 radical (unpaired) electrons. The molecule has 2 rings (SSSR count). The number of rotatable bonds is 5. The van der Waals surface area contributed by atoms with Gasteiger partial charge < -0.3 is 10.5 Å². The molecule has 0 fully saturated rings. The Morgan fingerprint density at radius 1 is 1.30 bits per heavy atom. The lowest BCUT2D eigenvalue weighted by atomic mass is 9.99. The molecule has 1 atom stereocenters. The van der Waals surface area contributed by atoms with Gasteiger partial charge in [0, 0.05) is 6.20 Å². The molecule has 0 saturated carbocycles. The van der Waals surface area contributed by atoms with E-state index in [9.17, 15) is 0 Å². The van der Waals surface area contributed by atoms with Crippen LogP contribution in [0.25, 0.3) is 0 Å². The van der Waals surface area contributed by atoms with Gasteiger partial charge in [-0.3, -0.25) is 5.41 Å². The topological polar surface area (TPSA) is 72.0 Å². The number of nitrogens with one attached hydrogen (secondary N) is 1. The summed E-state index contributed by atoms with van der Waals surface area (Å²) in [6, 6.07) is 11.4. The molecule has 104 valence electrons. The molecule has 0 spiro atoms. The van der Waals surface area contributed by atoms with Gasteiger partial charge in [0.05, 0.1) is 5.56 Å². The van der Waals surface area contributed by atoms with Crippen molar-refractivity contribution in [1.29, 1.82) is 5.41 Å². The maximum atomic E-state index is 7.52. The summed E-state index contributed by atoms with van der Waals surface area (Å²) in [5.41, 5.74) is 7.30. The minimum absolute atomic E-state index is 0.0516. The van der Waals surface area contributed by atoms with E-state index in [2.05, 4.69) is 31.0 Å². The van der Waals surface area contributed by atoms with Crippen LogP contribution >= 0.6 is 0 Å². The Morgan fingerprint density at radius 2 is 2.00 bits per heavy atom. The van der Waals surface area contributed by atoms with Gasteiger partial charge in [0.25, 0.3) is 0 Å². The van der Waals surface area contributed by atoms with E-state index >= 15 is 0 Å². The largest absolute Gasteiger partial charge is 0.438 e. The number of aromatic nitrogens is 1. The van der Waals surface area contributed by atoms with E-state index in [0.29, 0.717) is 23.1 Å². The number of nitrogens with two attached hydrogens (primary N) is 1. The summed E-state index contributed by atoms with van der Waals surface area (Å²) in [6.45, 7) is 4.37. The van der Waals surface area contributed by atoms with Crippen LogP contribution < -0.4 is 10.5 Å². The molecule has 20 heavy (non-hydrogen) atoms. The van der Waals surface area contributed by atoms with Crippen LogP contribution in [-0.4, -0.2) is 10.8 Å². The van der Waals surface area contributed by atoms with Crippen molar-refractivity contribution in [1.82, 2.24) is 4.98 Å². The summed E-state index contributed by atoms with van der Waals surface area (Å²) in [4.78, 5) is 4.13. The molecule has 0 aliphatic carbocycles. The zero-order valence-corrected chi connectivity index (χ0v) is 11.8. The molecule has 3 N–H and O–H groups in total. The summed E-state index contributed by atoms with van der Waals surface area (Å²) >= 11 is 0. The molecule has 1 unspecified atom stereocenters. The number of pyridine rings is 1. The average molecular weight is 269 g/mol. The number of hydrogen-bond donors (Lipinski definition) is 2. The van der Waals surface area contributed by atoms with Gasteiger partial charge >= 0.3 is 0 Å². The Hall–Kier alpha value is -2.36. The van der Waals surface area contributed by atoms with Crippen LogP contribution in [0.15, 0.2) is 42.6 Å². The van der Waals surface area contributed by atoms with Crippen molar-refractivity contribution in [3.05, 3.63) is 53.7 Å². The van der Waals surface area contributed by atoms with Crippen molar-refractivity contribution >= 4 is 5.84 Å². The molecule has 1 heterocycles. The fraction of sp³-hybridized carbons (Fsp3) is 0.250. The summed E-state index contributed by atoms with van der Waals surface area (Å²) in [5.74, 6) is 1.53. The number of ether oxygens (including phenoxy) is 1. The maximum absolute atomic E-state index is 7.52. The second kappa shape index (κ2) is 6.19. The lowest BCUT2D eigenvalue weighted by molar-refractivity contribution is 0.461. The van der Waals surface area contributed by atoms with Gasteiger partial charge in [0.15, 0.2) is 0 Å². The van der Waals surface area contributed by atoms with Crippen molar-refractivity contribution in [2.45, 2.75) is 26.2 Å². The third kappa shape index (κ3) is 3.15. The Morgan fingerprint density at radius 3 is 2.60 bits per heavy atom. The molecule has 1 aromatic heterocycles. The van der Waals surface area contributed by atoms with Gasteiger partial charge in [-0.05, 0) is 42.2 Å². The lowest BCUT2D eigenvalue weighted by Crippen LogP contribution is -2.12. The number of nitrogen functional groups attached to an aromatic ring is 1. The van der Waals surface area contributed by atoms with E-state index < -0.39 is 0 Å². The van der Waals surface area contributed by atoms with Crippen LogP contribution in [0.3, 0.4) is 0 Å². The van der Waals surface area contributed by atoms with Crippen molar-refractivity contribution in [2.24, 2.45) is 5.73 Å². The Labute approximate surface area is 119 Å². The molecule has 4 nitrogen and oxygen atoms in total. The van der Waals surface area contributed by atoms with Crippen LogP contribution in [0.5, 0.6) is 11.6 Å². The molecule has 4 heteroatoms. The number of hydrogen-bond acceptors (Lipinski definition) is 3. The highest BCUT2D eigenvalue weighted by molar-refractivity contribution is 5.97. The monoisotopic (exact) mass is 269 g/mol. The van der Waals surface area contributed by atoms with Gasteiger partial charge in [-0.2, -0.15) is 0 Å². The third-order valence-corrected chi connectivity index (χ3v) is 3.34. The van der Waals surface area contributed by atoms with Gasteiger partial charge in [-0.1, -0.05) is 26.0 Å². The van der Waals surface area contributed by atoms with Crippen LogP contribution in [0.2, 0.25) is 0 Å². The van der Waals surface area contributed by atoms with Crippen molar-refractivity contribution in [2.75, 3.05) is 0 Å². The van der Waals surface area contributed by atoms with E-state index in [0.717, 1.165) is 6.42 Å². The Bertz CT molecular complexity index is 593. The van der Waals surface area contributed by atoms with E-state index in [1.807, 2.05) is 12.1 Å². The van der Waals surface area contributed by atoms with E-state index in [4.69, 9.17) is 15.9 Å². The zero-order valence-electron chi connectivity index (χ0n) is 11.8. The molecular formula is C16H19N3O. The molecule has 1 aromatic carbocycles. The standard InChI is InChI=1S/C16H19N3O/c1-3-11(2)12-6-8-13(9-7-12)20-16-14(15(17)18)5-4-10-19-16/h4-11H,3H2,1-2H3,(H3,17,18). The number of nitrogens with zero attached hydrogens (tertiary/aromatic N) is 1. The zero-order chi connectivity index (χ0) is 14.5. The van der Waals surface area contributed by atoms with Crippen LogP contribution in [0, 0.1) is 5.41 Å². The predicted octanol–water partition coefficient (Wildman–Crippen LogP) is 3.67. The maximum Gasteiger partial charge on any atom is 0.230 e. The quantitative estimate of drug-likeness (QED) is 0.642. The van der Waals surface area contributed by atoms with Crippen LogP contribution in [0.1, 0.15) is 37.3 Å². The van der Waals surface area contributed by atoms with Gasteiger partial charge in [-0.15, -0.1) is 0 Å². The van der Waals surface area contributed by atoms with Crippen molar-refractivity contribution in [3.63, 3.8) is 0 Å². The minimum Gasteiger partial charge on any atom is -0.438 e. The highest BCUT2D eigenvalue weighted by Crippen LogP contribution is 2.25. The first-order valence-corrected chi connectivity index (χ1v) is 6.69. The Balaban J connectivity index is 2.20. The van der Waals surface area contributed by atoms with Gasteiger partial charge in [0.1, 0.15) is 11.6 Å². The fourth-order valence-electron chi connectivity index (χ4n) is 1.89. The summed E-state index contributed by atoms with van der Waals surface area (Å²) in [5, 5.41) is 7.52. The van der Waals surface area contributed by atoms with Gasteiger partial charge in [-0.25, -0.2) is 4.98 Å². The van der Waals surface area contributed by atoms with Crippen molar-refractivity contribution < 1.29 is 4.74 Å². The van der Waals surface area contributed by atoms with Crippen LogP contribution in [-0.2, 0) is 0 Å². The highest BCUT2D eigenvalue weighted by Gasteiger charge is 2.09. The fourth-order valence-corrected chi connectivity index (χ4v) is 1.89. The molecule has 0 bridgehead atoms. The SMILES string of the molecule is CCC(C)c1ccc(Oc2ncccc2C(=N)N)cc1. The Kier molecular flexibility index (Phi) is 4.35. The first-order chi connectivity index (χ1) is 9.61. The smallest absolute Gasteiger partial charge is 0.230 e.